The summed E-state index contributed by atoms with van der Waals surface area (Å²) in [6.07, 6.45) is 4.85. The van der Waals surface area contributed by atoms with E-state index in [0.717, 1.165) is 18.4 Å². The fourth-order valence-electron chi connectivity index (χ4n) is 2.53. The first-order valence-corrected chi connectivity index (χ1v) is 8.76. The third-order valence-electron chi connectivity index (χ3n) is 4.04. The molecule has 0 bridgehead atoms. The number of carbonyl (C=O) groups is 2. The summed E-state index contributed by atoms with van der Waals surface area (Å²) in [6, 6.07) is 12.7. The lowest BCUT2D eigenvalue weighted by atomic mass is 10.2. The van der Waals surface area contributed by atoms with E-state index >= 15 is 0 Å². The first kappa shape index (κ1) is 17.7. The number of nitrogens with one attached hydrogen (secondary N) is 1. The summed E-state index contributed by atoms with van der Waals surface area (Å²) in [5.41, 5.74) is 0.746. The minimum Gasteiger partial charge on any atom is -0.465 e. The number of tetrazole rings is 1. The van der Waals surface area contributed by atoms with Crippen molar-refractivity contribution in [3.05, 3.63) is 54.5 Å². The lowest BCUT2D eigenvalue weighted by molar-refractivity contribution is -0.143. The van der Waals surface area contributed by atoms with Crippen molar-refractivity contribution >= 4 is 23.6 Å². The second-order valence-electron chi connectivity index (χ2n) is 6.24. The van der Waals surface area contributed by atoms with Crippen LogP contribution >= 0.6 is 0 Å². The van der Waals surface area contributed by atoms with E-state index in [0.29, 0.717) is 11.6 Å². The normalized spacial score (nSPS) is 13.9. The van der Waals surface area contributed by atoms with Gasteiger partial charge in [0, 0.05) is 17.7 Å². The molecule has 1 aliphatic carbocycles. The van der Waals surface area contributed by atoms with Gasteiger partial charge in [0.15, 0.2) is 18.1 Å². The summed E-state index contributed by atoms with van der Waals surface area (Å²) in [5.74, 6) is -0.304. The molecule has 142 valence electrons. The van der Waals surface area contributed by atoms with Crippen molar-refractivity contribution in [2.75, 3.05) is 6.61 Å². The molecule has 1 aromatic carbocycles. The van der Waals surface area contributed by atoms with E-state index in [1.165, 1.54) is 17.0 Å². The predicted octanol–water partition coefficient (Wildman–Crippen LogP) is 1.75. The number of aromatic nitrogens is 4. The Hall–Kier alpha value is -3.75. The van der Waals surface area contributed by atoms with Crippen molar-refractivity contribution in [3.63, 3.8) is 0 Å². The van der Waals surface area contributed by atoms with E-state index in [-0.39, 0.29) is 24.3 Å². The van der Waals surface area contributed by atoms with Gasteiger partial charge in [0.25, 0.3) is 5.91 Å². The maximum Gasteiger partial charge on any atom is 0.357 e. The van der Waals surface area contributed by atoms with E-state index in [9.17, 15) is 9.59 Å². The molecular weight excluding hydrogens is 362 g/mol. The molecule has 0 saturated heterocycles. The summed E-state index contributed by atoms with van der Waals surface area (Å²) < 4.78 is 11.7. The Bertz CT molecular complexity index is 991. The van der Waals surface area contributed by atoms with Crippen molar-refractivity contribution in [1.29, 1.82) is 0 Å². The van der Waals surface area contributed by atoms with Crippen LogP contribution in [-0.4, -0.2) is 44.7 Å². The summed E-state index contributed by atoms with van der Waals surface area (Å²) >= 11 is 0. The zero-order chi connectivity index (χ0) is 19.3. The number of esters is 1. The number of benzene rings is 1. The van der Waals surface area contributed by atoms with E-state index < -0.39 is 5.97 Å². The molecule has 0 radical (unpaired) electrons. The lowest BCUT2D eigenvalue weighted by Crippen LogP contribution is -2.31. The number of nitrogens with zero attached hydrogens (tertiary/aromatic N) is 4. The number of hydrogen-bond donors (Lipinski definition) is 1. The van der Waals surface area contributed by atoms with Gasteiger partial charge >= 0.3 is 5.97 Å². The standard InChI is InChI=1S/C19H17N5O4/c25-17(20-14-8-9-14)12-28-19(26)16(11-15-7-4-10-27-15)24-18(21-22-23-24)13-5-2-1-3-6-13/h1-7,10-11,14H,8-9,12H2,(H,20,25)/b16-11-. The van der Waals surface area contributed by atoms with Crippen molar-refractivity contribution in [1.82, 2.24) is 25.5 Å². The first-order valence-electron chi connectivity index (χ1n) is 8.76. The molecule has 3 aromatic rings. The Labute approximate surface area is 160 Å². The monoisotopic (exact) mass is 379 g/mol. The van der Waals surface area contributed by atoms with E-state index in [2.05, 4.69) is 20.8 Å². The summed E-state index contributed by atoms with van der Waals surface area (Å²) in [4.78, 5) is 24.6. The fraction of sp³-hybridized carbons (Fsp3) is 0.211. The van der Waals surface area contributed by atoms with E-state index in [4.69, 9.17) is 9.15 Å². The van der Waals surface area contributed by atoms with Gasteiger partial charge in [-0.15, -0.1) is 5.10 Å². The van der Waals surface area contributed by atoms with Gasteiger partial charge in [-0.05, 0) is 35.4 Å². The molecule has 2 aromatic heterocycles. The van der Waals surface area contributed by atoms with Crippen LogP contribution in [-0.2, 0) is 14.3 Å². The van der Waals surface area contributed by atoms with Crippen LogP contribution < -0.4 is 5.32 Å². The van der Waals surface area contributed by atoms with Gasteiger partial charge in [-0.3, -0.25) is 4.79 Å². The van der Waals surface area contributed by atoms with Crippen molar-refractivity contribution in [2.45, 2.75) is 18.9 Å². The zero-order valence-corrected chi connectivity index (χ0v) is 14.8. The molecule has 1 amide bonds. The van der Waals surface area contributed by atoms with Gasteiger partial charge in [-0.1, -0.05) is 30.3 Å². The number of rotatable bonds is 7. The van der Waals surface area contributed by atoms with Crippen molar-refractivity contribution in [3.8, 4) is 11.4 Å². The lowest BCUT2D eigenvalue weighted by Gasteiger charge is -2.10. The van der Waals surface area contributed by atoms with Gasteiger partial charge in [-0.25, -0.2) is 4.79 Å². The van der Waals surface area contributed by atoms with Crippen LogP contribution in [0.3, 0.4) is 0 Å². The molecule has 1 saturated carbocycles. The van der Waals surface area contributed by atoms with Crippen LogP contribution in [0, 0.1) is 0 Å². The van der Waals surface area contributed by atoms with Crippen LogP contribution in [0.5, 0.6) is 0 Å². The second kappa shape index (κ2) is 7.87. The van der Waals surface area contributed by atoms with Gasteiger partial charge in [-0.2, -0.15) is 4.68 Å². The smallest absolute Gasteiger partial charge is 0.357 e. The topological polar surface area (TPSA) is 112 Å². The molecule has 9 heteroatoms. The minimum absolute atomic E-state index is 0.0259. The van der Waals surface area contributed by atoms with Crippen LogP contribution in [0.4, 0.5) is 0 Å². The minimum atomic E-state index is -0.744. The van der Waals surface area contributed by atoms with Gasteiger partial charge in [0.2, 0.25) is 0 Å². The molecule has 1 fully saturated rings. The van der Waals surface area contributed by atoms with Crippen LogP contribution in [0.15, 0.2) is 53.1 Å². The third kappa shape index (κ3) is 4.14. The van der Waals surface area contributed by atoms with Crippen LogP contribution in [0.2, 0.25) is 0 Å². The average Bonchev–Trinajstić information content (AvgIpc) is 3.18. The zero-order valence-electron chi connectivity index (χ0n) is 14.8. The first-order chi connectivity index (χ1) is 13.7. The highest BCUT2D eigenvalue weighted by Gasteiger charge is 2.25. The fourth-order valence-corrected chi connectivity index (χ4v) is 2.53. The molecule has 1 N–H and O–H groups in total. The molecule has 28 heavy (non-hydrogen) atoms. The van der Waals surface area contributed by atoms with Crippen LogP contribution in [0.1, 0.15) is 18.6 Å². The summed E-state index contributed by atoms with van der Waals surface area (Å²) in [7, 11) is 0. The number of hydrogen-bond acceptors (Lipinski definition) is 7. The second-order valence-corrected chi connectivity index (χ2v) is 6.24. The summed E-state index contributed by atoms with van der Waals surface area (Å²) in [6.45, 7) is -0.381. The van der Waals surface area contributed by atoms with Gasteiger partial charge in [0.1, 0.15) is 5.76 Å². The Morgan fingerprint density at radius 3 is 2.75 bits per heavy atom. The molecule has 4 rings (SSSR count). The molecule has 0 atom stereocenters. The SMILES string of the molecule is O=C(COC(=O)/C(=C/c1ccco1)n1nnnc1-c1ccccc1)NC1CC1. The molecule has 0 unspecified atom stereocenters. The number of carbonyl (C=O) groups excluding carboxylic acids is 2. The Kier molecular flexibility index (Phi) is 4.96. The maximum atomic E-state index is 12.7. The predicted molar refractivity (Wildman–Crippen MR) is 98.3 cm³/mol. The molecule has 0 spiro atoms. The average molecular weight is 379 g/mol. The summed E-state index contributed by atoms with van der Waals surface area (Å²) in [5, 5.41) is 14.4. The number of furan rings is 1. The number of amides is 1. The Morgan fingerprint density at radius 1 is 1.21 bits per heavy atom. The van der Waals surface area contributed by atoms with Crippen molar-refractivity contribution < 1.29 is 18.7 Å². The largest absolute Gasteiger partial charge is 0.465 e. The highest BCUT2D eigenvalue weighted by molar-refractivity contribution is 6.15. The van der Waals surface area contributed by atoms with Crippen LogP contribution in [0.25, 0.3) is 23.2 Å². The number of ether oxygens (including phenoxy) is 1. The van der Waals surface area contributed by atoms with Gasteiger partial charge in [0.05, 0.1) is 6.26 Å². The van der Waals surface area contributed by atoms with E-state index in [1.807, 2.05) is 30.3 Å². The van der Waals surface area contributed by atoms with E-state index in [1.54, 1.807) is 12.1 Å². The molecule has 9 nitrogen and oxygen atoms in total. The Morgan fingerprint density at radius 2 is 2.04 bits per heavy atom. The Balaban J connectivity index is 1.61. The highest BCUT2D eigenvalue weighted by atomic mass is 16.5. The molecule has 2 heterocycles. The van der Waals surface area contributed by atoms with Crippen molar-refractivity contribution in [2.24, 2.45) is 0 Å². The quantitative estimate of drug-likeness (QED) is 0.492. The molecule has 0 aliphatic heterocycles. The molecular formula is C19H17N5O4. The maximum absolute atomic E-state index is 12.7. The highest BCUT2D eigenvalue weighted by Crippen LogP contribution is 2.21. The third-order valence-corrected chi connectivity index (χ3v) is 4.04. The molecule has 1 aliphatic rings. The van der Waals surface area contributed by atoms with Gasteiger partial charge < -0.3 is 14.5 Å².